The van der Waals surface area contributed by atoms with E-state index < -0.39 is 7.25 Å². The van der Waals surface area contributed by atoms with Crippen LogP contribution in [0.3, 0.4) is 0 Å². The fraction of sp³-hybridized carbons (Fsp3) is 0.900. The number of hydrogen-bond acceptors (Lipinski definition) is 0. The lowest BCUT2D eigenvalue weighted by Gasteiger charge is -1.94. The van der Waals surface area contributed by atoms with Crippen LogP contribution in [0.5, 0.6) is 0 Å². The van der Waals surface area contributed by atoms with E-state index in [2.05, 4.69) is 20.3 Å². The number of halogens is 4. The Labute approximate surface area is 90.5 Å². The summed E-state index contributed by atoms with van der Waals surface area (Å²) < 4.78 is 39.0. The van der Waals surface area contributed by atoms with Gasteiger partial charge in [0.2, 0.25) is 0 Å². The van der Waals surface area contributed by atoms with Crippen molar-refractivity contribution < 1.29 is 17.3 Å². The molecule has 15 heavy (non-hydrogen) atoms. The van der Waals surface area contributed by atoms with Gasteiger partial charge in [-0.15, -0.1) is 0 Å². The Bertz CT molecular complexity index is 100. The summed E-state index contributed by atoms with van der Waals surface area (Å²) in [7, 11) is -6.00. The third kappa shape index (κ3) is 41.9. The standard InChI is InChI=1S/C10H21.BF4/c1-3-5-7-9-10-8-6-4-2;2-1(3,4)5/h9H,3-8,10H2,1-2H3;/q+1;-1. The van der Waals surface area contributed by atoms with Crippen LogP contribution in [0, 0.1) is 6.42 Å². The second-order valence-electron chi connectivity index (χ2n) is 3.42. The van der Waals surface area contributed by atoms with Crippen molar-refractivity contribution in [2.45, 2.75) is 58.8 Å². The molecule has 0 N–H and O–H groups in total. The Morgan fingerprint density at radius 2 is 1.20 bits per heavy atom. The van der Waals surface area contributed by atoms with Crippen molar-refractivity contribution in [1.82, 2.24) is 0 Å². The largest absolute Gasteiger partial charge is 0.673 e. The second kappa shape index (κ2) is 11.7. The molecule has 0 unspecified atom stereocenters. The molecule has 0 atom stereocenters. The van der Waals surface area contributed by atoms with Crippen molar-refractivity contribution >= 4 is 7.25 Å². The second-order valence-corrected chi connectivity index (χ2v) is 3.42. The maximum Gasteiger partial charge on any atom is 0.673 e. The Kier molecular flexibility index (Phi) is 13.3. The normalized spacial score (nSPS) is 10.5. The molecule has 0 aliphatic carbocycles. The molecule has 0 spiro atoms. The molecule has 0 radical (unpaired) electrons. The molecular weight excluding hydrogens is 207 g/mol. The van der Waals surface area contributed by atoms with Crippen molar-refractivity contribution in [2.75, 3.05) is 0 Å². The predicted molar refractivity (Wildman–Crippen MR) is 58.2 cm³/mol. The summed E-state index contributed by atoms with van der Waals surface area (Å²) >= 11 is 0. The first-order chi connectivity index (χ1) is 6.91. The molecule has 0 aromatic carbocycles. The molecule has 92 valence electrons. The maximum absolute atomic E-state index is 9.75. The van der Waals surface area contributed by atoms with Crippen LogP contribution in [0.4, 0.5) is 17.3 Å². The first-order valence-corrected chi connectivity index (χ1v) is 5.60. The monoisotopic (exact) mass is 228 g/mol. The minimum absolute atomic E-state index is 1.33. The van der Waals surface area contributed by atoms with Gasteiger partial charge in [-0.05, 0) is 19.3 Å². The van der Waals surface area contributed by atoms with Gasteiger partial charge < -0.3 is 17.3 Å². The molecule has 0 rings (SSSR count). The quantitative estimate of drug-likeness (QED) is 0.241. The van der Waals surface area contributed by atoms with Crippen LogP contribution in [-0.4, -0.2) is 7.25 Å². The van der Waals surface area contributed by atoms with Crippen LogP contribution >= 0.6 is 0 Å². The summed E-state index contributed by atoms with van der Waals surface area (Å²) in [6.07, 6.45) is 12.0. The molecule has 5 heteroatoms. The third-order valence-corrected chi connectivity index (χ3v) is 1.77. The van der Waals surface area contributed by atoms with Crippen LogP contribution in [0.2, 0.25) is 0 Å². The van der Waals surface area contributed by atoms with E-state index in [0.717, 1.165) is 0 Å². The van der Waals surface area contributed by atoms with Gasteiger partial charge in [0, 0.05) is 0 Å². The Balaban J connectivity index is 0. The SMILES string of the molecule is CCCC[CH+]CCCCC.F[B-](F)(F)F. The summed E-state index contributed by atoms with van der Waals surface area (Å²) in [5.41, 5.74) is 0. The van der Waals surface area contributed by atoms with Crippen molar-refractivity contribution in [1.29, 1.82) is 0 Å². The van der Waals surface area contributed by atoms with Gasteiger partial charge >= 0.3 is 7.25 Å². The Morgan fingerprint density at radius 3 is 1.60 bits per heavy atom. The van der Waals surface area contributed by atoms with E-state index in [1.54, 1.807) is 0 Å². The van der Waals surface area contributed by atoms with Gasteiger partial charge in [0.15, 0.2) is 0 Å². The van der Waals surface area contributed by atoms with E-state index in [-0.39, 0.29) is 0 Å². The lowest BCUT2D eigenvalue weighted by molar-refractivity contribution is 0.368. The molecular formula is C10H21BF4. The van der Waals surface area contributed by atoms with Gasteiger partial charge in [-0.3, -0.25) is 0 Å². The van der Waals surface area contributed by atoms with Crippen molar-refractivity contribution in [3.8, 4) is 0 Å². The van der Waals surface area contributed by atoms with Gasteiger partial charge in [-0.1, -0.05) is 26.7 Å². The highest BCUT2D eigenvalue weighted by molar-refractivity contribution is 6.50. The van der Waals surface area contributed by atoms with E-state index in [9.17, 15) is 17.3 Å². The van der Waals surface area contributed by atoms with Crippen molar-refractivity contribution in [3.05, 3.63) is 6.42 Å². The topological polar surface area (TPSA) is 0 Å². The van der Waals surface area contributed by atoms with Gasteiger partial charge in [-0.2, -0.15) is 0 Å². The molecule has 0 fully saturated rings. The van der Waals surface area contributed by atoms with Crippen LogP contribution < -0.4 is 0 Å². The van der Waals surface area contributed by atoms with Gasteiger partial charge in [0.1, 0.15) is 0 Å². The lowest BCUT2D eigenvalue weighted by atomic mass is 10.1. The first kappa shape index (κ1) is 17.1. The predicted octanol–water partition coefficient (Wildman–Crippen LogP) is 5.26. The summed E-state index contributed by atoms with van der Waals surface area (Å²) in [5.74, 6) is 0. The summed E-state index contributed by atoms with van der Waals surface area (Å²) in [5, 5.41) is 0. The lowest BCUT2D eigenvalue weighted by Crippen LogP contribution is -2.02. The van der Waals surface area contributed by atoms with E-state index in [1.165, 1.54) is 44.9 Å². The average Bonchev–Trinajstić information content (AvgIpc) is 2.08. The van der Waals surface area contributed by atoms with Gasteiger partial charge in [0.25, 0.3) is 0 Å². The summed E-state index contributed by atoms with van der Waals surface area (Å²) in [6, 6.07) is 0. The molecule has 0 heterocycles. The Morgan fingerprint density at radius 1 is 0.800 bits per heavy atom. The van der Waals surface area contributed by atoms with E-state index in [1.807, 2.05) is 0 Å². The molecule has 0 aliphatic rings. The van der Waals surface area contributed by atoms with Crippen LogP contribution in [-0.2, 0) is 0 Å². The fourth-order valence-corrected chi connectivity index (χ4v) is 1.03. The summed E-state index contributed by atoms with van der Waals surface area (Å²) in [6.45, 7) is 4.51. The number of hydrogen-bond donors (Lipinski definition) is 0. The molecule has 0 saturated heterocycles. The fourth-order valence-electron chi connectivity index (χ4n) is 1.03. The van der Waals surface area contributed by atoms with E-state index in [4.69, 9.17) is 0 Å². The highest BCUT2D eigenvalue weighted by Gasteiger charge is 2.20. The van der Waals surface area contributed by atoms with Gasteiger partial charge in [0.05, 0.1) is 19.3 Å². The van der Waals surface area contributed by atoms with Crippen LogP contribution in [0.25, 0.3) is 0 Å². The first-order valence-electron chi connectivity index (χ1n) is 5.60. The minimum atomic E-state index is -6.00. The summed E-state index contributed by atoms with van der Waals surface area (Å²) in [4.78, 5) is 0. The zero-order valence-electron chi connectivity index (χ0n) is 9.62. The van der Waals surface area contributed by atoms with E-state index in [0.29, 0.717) is 0 Å². The molecule has 0 bridgehead atoms. The zero-order chi connectivity index (χ0) is 12.2. The highest BCUT2D eigenvalue weighted by Crippen LogP contribution is 2.07. The molecule has 0 aromatic heterocycles. The molecule has 0 aromatic rings. The van der Waals surface area contributed by atoms with Gasteiger partial charge in [-0.25, -0.2) is 0 Å². The smallest absolute Gasteiger partial charge is 0.418 e. The highest BCUT2D eigenvalue weighted by atomic mass is 19.5. The maximum atomic E-state index is 9.75. The van der Waals surface area contributed by atoms with Crippen LogP contribution in [0.15, 0.2) is 0 Å². The average molecular weight is 228 g/mol. The minimum Gasteiger partial charge on any atom is -0.418 e. The zero-order valence-corrected chi connectivity index (χ0v) is 9.62. The third-order valence-electron chi connectivity index (χ3n) is 1.77. The van der Waals surface area contributed by atoms with Crippen molar-refractivity contribution in [2.24, 2.45) is 0 Å². The number of unbranched alkanes of at least 4 members (excludes halogenated alkanes) is 7. The van der Waals surface area contributed by atoms with Crippen molar-refractivity contribution in [3.63, 3.8) is 0 Å². The molecule has 0 nitrogen and oxygen atoms in total. The molecule has 0 saturated carbocycles. The van der Waals surface area contributed by atoms with Crippen LogP contribution in [0.1, 0.15) is 58.8 Å². The molecule has 0 aliphatic heterocycles. The number of rotatable bonds is 7. The molecule has 0 amide bonds. The Hall–Kier alpha value is -0.345. The van der Waals surface area contributed by atoms with E-state index >= 15 is 0 Å².